The van der Waals surface area contributed by atoms with Gasteiger partial charge in [0, 0.05) is 23.0 Å². The highest BCUT2D eigenvalue weighted by molar-refractivity contribution is 7.09. The molecule has 0 unspecified atom stereocenters. The Bertz CT molecular complexity index is 839. The first-order valence-electron chi connectivity index (χ1n) is 7.42. The van der Waals surface area contributed by atoms with Crippen LogP contribution in [0.1, 0.15) is 54.0 Å². The first-order valence-corrected chi connectivity index (χ1v) is 8.30. The van der Waals surface area contributed by atoms with Crippen LogP contribution in [0.2, 0.25) is 0 Å². The Morgan fingerprint density at radius 3 is 2.78 bits per heavy atom. The highest BCUT2D eigenvalue weighted by Crippen LogP contribution is 2.23. The molecule has 120 valence electrons. The summed E-state index contributed by atoms with van der Waals surface area (Å²) in [4.78, 5) is 21.1. The van der Waals surface area contributed by atoms with Gasteiger partial charge in [-0.2, -0.15) is 5.10 Å². The fourth-order valence-electron chi connectivity index (χ4n) is 2.36. The second-order valence-corrected chi connectivity index (χ2v) is 6.56. The number of carbonyl (C=O) groups is 1. The highest BCUT2D eigenvalue weighted by atomic mass is 32.1. The normalized spacial score (nSPS) is 12.7. The van der Waals surface area contributed by atoms with Gasteiger partial charge in [0.15, 0.2) is 11.8 Å². The van der Waals surface area contributed by atoms with Crippen molar-refractivity contribution in [2.24, 2.45) is 0 Å². The largest absolute Gasteiger partial charge is 0.452 e. The Balaban J connectivity index is 1.90. The van der Waals surface area contributed by atoms with E-state index in [1.54, 1.807) is 18.5 Å². The summed E-state index contributed by atoms with van der Waals surface area (Å²) in [7, 11) is 0. The van der Waals surface area contributed by atoms with E-state index in [-0.39, 0.29) is 12.1 Å². The molecule has 23 heavy (non-hydrogen) atoms. The fourth-order valence-corrected chi connectivity index (χ4v) is 2.98. The van der Waals surface area contributed by atoms with E-state index >= 15 is 0 Å². The number of carbonyl (C=O) groups excluding carboxylic acids is 1. The van der Waals surface area contributed by atoms with Gasteiger partial charge in [-0.15, -0.1) is 11.3 Å². The average molecular weight is 330 g/mol. The third-order valence-electron chi connectivity index (χ3n) is 3.55. The number of esters is 1. The topological polar surface area (TPSA) is 69.9 Å². The number of nitrogens with zero attached hydrogens (tertiary/aromatic N) is 4. The van der Waals surface area contributed by atoms with Crippen LogP contribution in [-0.2, 0) is 4.74 Å². The Hall–Kier alpha value is -2.28. The minimum Gasteiger partial charge on any atom is -0.452 e. The van der Waals surface area contributed by atoms with E-state index in [2.05, 4.69) is 15.1 Å². The number of aromatic nitrogens is 4. The number of hydrogen-bond acceptors (Lipinski definition) is 6. The molecule has 0 saturated heterocycles. The summed E-state index contributed by atoms with van der Waals surface area (Å²) >= 11 is 1.46. The van der Waals surface area contributed by atoms with Crippen molar-refractivity contribution in [1.82, 2.24) is 19.7 Å². The predicted molar refractivity (Wildman–Crippen MR) is 88.6 cm³/mol. The van der Waals surface area contributed by atoms with Gasteiger partial charge in [0.25, 0.3) is 0 Å². The van der Waals surface area contributed by atoms with Crippen molar-refractivity contribution in [2.75, 3.05) is 0 Å². The molecule has 0 amide bonds. The summed E-state index contributed by atoms with van der Waals surface area (Å²) < 4.78 is 7.35. The van der Waals surface area contributed by atoms with Gasteiger partial charge in [-0.05, 0) is 33.8 Å². The molecule has 3 aromatic rings. The Kier molecular flexibility index (Phi) is 4.12. The zero-order chi connectivity index (χ0) is 16.6. The molecule has 0 spiro atoms. The van der Waals surface area contributed by atoms with E-state index in [1.807, 2.05) is 37.8 Å². The number of ether oxygens (including phenoxy) is 1. The molecule has 0 aliphatic carbocycles. The lowest BCUT2D eigenvalue weighted by Gasteiger charge is -2.12. The molecule has 0 bridgehead atoms. The summed E-state index contributed by atoms with van der Waals surface area (Å²) in [5.41, 5.74) is 1.88. The van der Waals surface area contributed by atoms with Gasteiger partial charge in [-0.25, -0.2) is 19.4 Å². The van der Waals surface area contributed by atoms with Gasteiger partial charge < -0.3 is 4.74 Å². The number of rotatable bonds is 4. The summed E-state index contributed by atoms with van der Waals surface area (Å²) in [6, 6.07) is 2.00. The SMILES string of the molecule is Cc1nc2c(cnn2C(C)C)cc1C(=O)O[C@@H](C)c1nccs1. The van der Waals surface area contributed by atoms with Gasteiger partial charge in [0.05, 0.1) is 17.5 Å². The van der Waals surface area contributed by atoms with Crippen LogP contribution in [0.4, 0.5) is 0 Å². The fraction of sp³-hybridized carbons (Fsp3) is 0.375. The molecule has 3 rings (SSSR count). The molecule has 7 heteroatoms. The van der Waals surface area contributed by atoms with E-state index in [0.717, 1.165) is 16.0 Å². The van der Waals surface area contributed by atoms with Crippen LogP contribution in [0.5, 0.6) is 0 Å². The third kappa shape index (κ3) is 2.96. The average Bonchev–Trinajstić information content (AvgIpc) is 3.15. The summed E-state index contributed by atoms with van der Waals surface area (Å²) in [6.45, 7) is 7.71. The maximum atomic E-state index is 12.4. The first kappa shape index (κ1) is 15.6. The van der Waals surface area contributed by atoms with E-state index in [9.17, 15) is 4.79 Å². The molecular weight excluding hydrogens is 312 g/mol. The lowest BCUT2D eigenvalue weighted by atomic mass is 10.1. The highest BCUT2D eigenvalue weighted by Gasteiger charge is 2.20. The monoisotopic (exact) mass is 330 g/mol. The van der Waals surface area contributed by atoms with E-state index < -0.39 is 5.97 Å². The van der Waals surface area contributed by atoms with Crippen LogP contribution >= 0.6 is 11.3 Å². The predicted octanol–water partition coefficient (Wildman–Crippen LogP) is 3.70. The maximum Gasteiger partial charge on any atom is 0.340 e. The van der Waals surface area contributed by atoms with Gasteiger partial charge >= 0.3 is 5.97 Å². The summed E-state index contributed by atoms with van der Waals surface area (Å²) in [6.07, 6.45) is 3.04. The molecule has 0 saturated carbocycles. The van der Waals surface area contributed by atoms with Gasteiger partial charge in [0.1, 0.15) is 5.01 Å². The summed E-state index contributed by atoms with van der Waals surface area (Å²) in [5, 5.41) is 7.80. The molecule has 1 atom stereocenters. The van der Waals surface area contributed by atoms with Crippen molar-refractivity contribution in [1.29, 1.82) is 0 Å². The Morgan fingerprint density at radius 1 is 1.35 bits per heavy atom. The molecule has 3 aromatic heterocycles. The van der Waals surface area contributed by atoms with Crippen LogP contribution < -0.4 is 0 Å². The lowest BCUT2D eigenvalue weighted by Crippen LogP contribution is -2.12. The van der Waals surface area contributed by atoms with Gasteiger partial charge in [-0.1, -0.05) is 0 Å². The Morgan fingerprint density at radius 2 is 2.13 bits per heavy atom. The molecule has 6 nitrogen and oxygen atoms in total. The standard InChI is InChI=1S/C16H18N4O2S/c1-9(2)20-14-12(8-18-20)7-13(10(3)19-14)16(21)22-11(4)15-17-5-6-23-15/h5-9,11H,1-4H3/t11-/m0/s1. The minimum absolute atomic E-state index is 0.210. The zero-order valence-electron chi connectivity index (χ0n) is 13.5. The zero-order valence-corrected chi connectivity index (χ0v) is 14.3. The number of hydrogen-bond donors (Lipinski definition) is 0. The van der Waals surface area contributed by atoms with Crippen molar-refractivity contribution < 1.29 is 9.53 Å². The van der Waals surface area contributed by atoms with E-state index in [4.69, 9.17) is 4.74 Å². The molecule has 0 N–H and O–H groups in total. The van der Waals surface area contributed by atoms with Gasteiger partial charge in [0.2, 0.25) is 0 Å². The van der Waals surface area contributed by atoms with Crippen LogP contribution in [0.15, 0.2) is 23.8 Å². The lowest BCUT2D eigenvalue weighted by molar-refractivity contribution is 0.0336. The van der Waals surface area contributed by atoms with Crippen molar-refractivity contribution in [3.8, 4) is 0 Å². The van der Waals surface area contributed by atoms with Crippen LogP contribution in [0, 0.1) is 6.92 Å². The molecule has 0 fully saturated rings. The number of pyridine rings is 1. The molecule has 0 aliphatic rings. The number of fused-ring (bicyclic) bond motifs is 1. The summed E-state index contributed by atoms with van der Waals surface area (Å²) in [5.74, 6) is -0.392. The van der Waals surface area contributed by atoms with Crippen molar-refractivity contribution >= 4 is 28.3 Å². The second kappa shape index (κ2) is 6.08. The van der Waals surface area contributed by atoms with Crippen LogP contribution in [0.3, 0.4) is 0 Å². The first-order chi connectivity index (χ1) is 11.0. The number of aryl methyl sites for hydroxylation is 1. The minimum atomic E-state index is -0.392. The smallest absolute Gasteiger partial charge is 0.340 e. The van der Waals surface area contributed by atoms with E-state index in [1.165, 1.54) is 11.3 Å². The molecule has 0 radical (unpaired) electrons. The maximum absolute atomic E-state index is 12.4. The van der Waals surface area contributed by atoms with E-state index in [0.29, 0.717) is 11.3 Å². The van der Waals surface area contributed by atoms with Crippen molar-refractivity contribution in [3.63, 3.8) is 0 Å². The van der Waals surface area contributed by atoms with Crippen molar-refractivity contribution in [2.45, 2.75) is 39.8 Å². The second-order valence-electron chi connectivity index (χ2n) is 5.63. The third-order valence-corrected chi connectivity index (χ3v) is 4.49. The Labute approximate surface area is 138 Å². The molecular formula is C16H18N4O2S. The van der Waals surface area contributed by atoms with Crippen LogP contribution in [0.25, 0.3) is 11.0 Å². The molecule has 0 aromatic carbocycles. The molecule has 3 heterocycles. The van der Waals surface area contributed by atoms with Crippen LogP contribution in [-0.4, -0.2) is 25.7 Å². The molecule has 0 aliphatic heterocycles. The van der Waals surface area contributed by atoms with Crippen molar-refractivity contribution in [3.05, 3.63) is 40.1 Å². The quantitative estimate of drug-likeness (QED) is 0.682. The number of thiazole rings is 1. The van der Waals surface area contributed by atoms with Gasteiger partial charge in [-0.3, -0.25) is 0 Å².